The monoisotopic (exact) mass is 621 g/mol. The minimum absolute atomic E-state index is 0.00945. The van der Waals surface area contributed by atoms with Gasteiger partial charge in [0.05, 0.1) is 27.4 Å². The molecule has 0 unspecified atom stereocenters. The molecule has 1 aromatic rings. The van der Waals surface area contributed by atoms with Crippen LogP contribution in [0.2, 0.25) is 0 Å². The second-order valence-corrected chi connectivity index (χ2v) is 12.2. The van der Waals surface area contributed by atoms with Crippen LogP contribution >= 0.6 is 11.8 Å². The topological polar surface area (TPSA) is 135 Å². The van der Waals surface area contributed by atoms with E-state index in [2.05, 4.69) is 26.3 Å². The van der Waals surface area contributed by atoms with Crippen molar-refractivity contribution in [3.8, 4) is 0 Å². The van der Waals surface area contributed by atoms with Gasteiger partial charge in [0.15, 0.2) is 28.4 Å². The molecule has 1 rings (SSSR count). The maximum atomic E-state index is 13.8. The Morgan fingerprint density at radius 1 is 0.833 bits per heavy atom. The molecule has 0 spiro atoms. The standard InChI is InChI=1S/C28H43F4N5O4S/c1-17(36-40)27(3,4)34-14-11-19(12-15-35-28(5,6)18(2)37-41)10-13-33-22(38)8-7-9-23(39)42-26-24(31)20(29)16-21(30)25(26)32/h16,19,34-35,40-41H,7-15H2,1-6H3,(H,33,38)/b36-17+,37-18+. The van der Waals surface area contributed by atoms with Crippen LogP contribution in [0.3, 0.4) is 0 Å². The number of carbonyl (C=O) groups is 2. The van der Waals surface area contributed by atoms with Crippen LogP contribution in [-0.4, -0.2) is 63.6 Å². The molecular weight excluding hydrogens is 578 g/mol. The van der Waals surface area contributed by atoms with Gasteiger partial charge in [0.25, 0.3) is 0 Å². The van der Waals surface area contributed by atoms with Crippen LogP contribution in [0.25, 0.3) is 0 Å². The van der Waals surface area contributed by atoms with Gasteiger partial charge in [-0.25, -0.2) is 17.6 Å². The molecule has 1 aromatic carbocycles. The summed E-state index contributed by atoms with van der Waals surface area (Å²) in [5, 5.41) is 33.6. The molecular formula is C28H43F4N5O4S. The quantitative estimate of drug-likeness (QED) is 0.0371. The Hall–Kier alpha value is -2.71. The molecule has 0 atom stereocenters. The fourth-order valence-corrected chi connectivity index (χ4v) is 4.67. The SMILES string of the molecule is C/C(=N\O)C(C)(C)NCCC(CCNC(=O)CCCC(=O)Sc1c(F)c(F)cc(F)c1F)CCNC(C)(C)/C(C)=N/O. The third-order valence-electron chi connectivity index (χ3n) is 7.29. The molecule has 14 heteroatoms. The van der Waals surface area contributed by atoms with Crippen molar-refractivity contribution in [1.29, 1.82) is 0 Å². The van der Waals surface area contributed by atoms with E-state index in [1.54, 1.807) is 13.8 Å². The van der Waals surface area contributed by atoms with Crippen molar-refractivity contribution in [2.45, 2.75) is 96.0 Å². The summed E-state index contributed by atoms with van der Waals surface area (Å²) < 4.78 is 54.2. The molecule has 0 aliphatic carbocycles. The van der Waals surface area contributed by atoms with Gasteiger partial charge in [-0.15, -0.1) is 0 Å². The average molecular weight is 622 g/mol. The van der Waals surface area contributed by atoms with E-state index >= 15 is 0 Å². The number of amides is 1. The zero-order valence-electron chi connectivity index (χ0n) is 25.0. The number of oxime groups is 2. The number of hydrogen-bond donors (Lipinski definition) is 5. The number of nitrogens with zero attached hydrogens (tertiary/aromatic N) is 2. The highest BCUT2D eigenvalue weighted by atomic mass is 32.2. The molecule has 238 valence electrons. The number of nitrogens with one attached hydrogen (secondary N) is 3. The van der Waals surface area contributed by atoms with Gasteiger partial charge in [0.2, 0.25) is 5.91 Å². The van der Waals surface area contributed by atoms with Crippen LogP contribution in [0.5, 0.6) is 0 Å². The Kier molecular flexibility index (Phi) is 15.5. The zero-order valence-corrected chi connectivity index (χ0v) is 25.9. The largest absolute Gasteiger partial charge is 0.411 e. The van der Waals surface area contributed by atoms with Crippen molar-refractivity contribution >= 4 is 34.2 Å². The molecule has 0 saturated heterocycles. The molecule has 0 radical (unpaired) electrons. The summed E-state index contributed by atoms with van der Waals surface area (Å²) in [5.74, 6) is -6.56. The minimum Gasteiger partial charge on any atom is -0.411 e. The van der Waals surface area contributed by atoms with Gasteiger partial charge < -0.3 is 26.4 Å². The van der Waals surface area contributed by atoms with Gasteiger partial charge in [-0.05, 0) is 98.0 Å². The fourth-order valence-electron chi connectivity index (χ4n) is 3.82. The van der Waals surface area contributed by atoms with E-state index < -0.39 is 44.4 Å². The Balaban J connectivity index is 2.58. The molecule has 0 saturated carbocycles. The first-order valence-corrected chi connectivity index (χ1v) is 14.6. The summed E-state index contributed by atoms with van der Waals surface area (Å²) >= 11 is 0.0682. The van der Waals surface area contributed by atoms with Crippen LogP contribution in [0.15, 0.2) is 21.3 Å². The maximum Gasteiger partial charge on any atom is 0.220 e. The maximum absolute atomic E-state index is 13.8. The summed E-state index contributed by atoms with van der Waals surface area (Å²) in [6.45, 7) is 12.7. The lowest BCUT2D eigenvalue weighted by atomic mass is 9.94. The highest BCUT2D eigenvalue weighted by Gasteiger charge is 2.24. The average Bonchev–Trinajstić information content (AvgIpc) is 2.92. The smallest absolute Gasteiger partial charge is 0.220 e. The molecule has 5 N–H and O–H groups in total. The van der Waals surface area contributed by atoms with Crippen LogP contribution < -0.4 is 16.0 Å². The lowest BCUT2D eigenvalue weighted by Crippen LogP contribution is -2.47. The Labute approximate surface area is 249 Å². The van der Waals surface area contributed by atoms with Gasteiger partial charge in [-0.1, -0.05) is 10.3 Å². The van der Waals surface area contributed by atoms with Crippen molar-refractivity contribution in [3.63, 3.8) is 0 Å². The Bertz CT molecular complexity index is 1070. The third-order valence-corrected chi connectivity index (χ3v) is 8.29. The number of rotatable bonds is 18. The van der Waals surface area contributed by atoms with E-state index in [1.807, 2.05) is 27.7 Å². The minimum atomic E-state index is -1.63. The lowest BCUT2D eigenvalue weighted by Gasteiger charge is -2.28. The van der Waals surface area contributed by atoms with Crippen LogP contribution in [-0.2, 0) is 9.59 Å². The van der Waals surface area contributed by atoms with E-state index in [0.717, 1.165) is 12.8 Å². The predicted octanol–water partition coefficient (Wildman–Crippen LogP) is 5.37. The predicted molar refractivity (Wildman–Crippen MR) is 155 cm³/mol. The lowest BCUT2D eigenvalue weighted by molar-refractivity contribution is -0.121. The molecule has 1 amide bonds. The third kappa shape index (κ3) is 12.3. The van der Waals surface area contributed by atoms with E-state index in [0.29, 0.717) is 37.5 Å². The summed E-state index contributed by atoms with van der Waals surface area (Å²) in [6.07, 6.45) is 2.07. The highest BCUT2D eigenvalue weighted by molar-refractivity contribution is 8.13. The van der Waals surface area contributed by atoms with Gasteiger partial charge in [0, 0.05) is 25.5 Å². The number of carbonyl (C=O) groups excluding carboxylic acids is 2. The van der Waals surface area contributed by atoms with Gasteiger partial charge >= 0.3 is 0 Å². The van der Waals surface area contributed by atoms with Crippen LogP contribution in [0, 0.1) is 29.2 Å². The second-order valence-electron chi connectivity index (χ2n) is 11.2. The first kappa shape index (κ1) is 37.3. The molecule has 9 nitrogen and oxygen atoms in total. The number of halogens is 4. The summed E-state index contributed by atoms with van der Waals surface area (Å²) in [6, 6.07) is 0.0723. The van der Waals surface area contributed by atoms with Crippen molar-refractivity contribution < 1.29 is 37.6 Å². The van der Waals surface area contributed by atoms with Crippen LogP contribution in [0.4, 0.5) is 17.6 Å². The first-order valence-electron chi connectivity index (χ1n) is 13.7. The van der Waals surface area contributed by atoms with E-state index in [1.165, 1.54) is 0 Å². The highest BCUT2D eigenvalue weighted by Crippen LogP contribution is 2.30. The number of hydrogen-bond acceptors (Lipinski definition) is 9. The Morgan fingerprint density at radius 3 is 1.74 bits per heavy atom. The van der Waals surface area contributed by atoms with Crippen molar-refractivity contribution in [1.82, 2.24) is 16.0 Å². The van der Waals surface area contributed by atoms with Gasteiger partial charge in [-0.2, -0.15) is 0 Å². The molecule has 0 aromatic heterocycles. The number of thioether (sulfide) groups is 1. The van der Waals surface area contributed by atoms with Gasteiger partial charge in [0.1, 0.15) is 0 Å². The Morgan fingerprint density at radius 2 is 1.29 bits per heavy atom. The fraction of sp³-hybridized carbons (Fsp3) is 0.643. The molecule has 0 heterocycles. The van der Waals surface area contributed by atoms with Crippen molar-refractivity contribution in [2.24, 2.45) is 16.2 Å². The molecule has 42 heavy (non-hydrogen) atoms. The molecule has 0 aliphatic rings. The second kappa shape index (κ2) is 17.4. The zero-order chi connectivity index (χ0) is 32.1. The summed E-state index contributed by atoms with van der Waals surface area (Å²) in [7, 11) is 0. The molecule has 0 fully saturated rings. The number of benzene rings is 1. The summed E-state index contributed by atoms with van der Waals surface area (Å²) in [5.41, 5.74) is 0.0874. The van der Waals surface area contributed by atoms with Crippen molar-refractivity contribution in [3.05, 3.63) is 29.3 Å². The first-order chi connectivity index (χ1) is 19.5. The molecule has 0 aliphatic heterocycles. The van der Waals surface area contributed by atoms with Crippen molar-refractivity contribution in [2.75, 3.05) is 19.6 Å². The van der Waals surface area contributed by atoms with E-state index in [-0.39, 0.29) is 48.9 Å². The molecule has 0 bridgehead atoms. The van der Waals surface area contributed by atoms with Crippen LogP contribution in [0.1, 0.15) is 80.1 Å². The van der Waals surface area contributed by atoms with Gasteiger partial charge in [-0.3, -0.25) is 9.59 Å². The summed E-state index contributed by atoms with van der Waals surface area (Å²) in [4.78, 5) is 23.4. The van der Waals surface area contributed by atoms with E-state index in [9.17, 15) is 27.2 Å². The normalized spacial score (nSPS) is 13.8. The van der Waals surface area contributed by atoms with E-state index in [4.69, 9.17) is 10.4 Å².